The van der Waals surface area contributed by atoms with Gasteiger partial charge in [0.05, 0.1) is 0 Å². The number of phenols is 1. The van der Waals surface area contributed by atoms with Crippen molar-refractivity contribution in [3.8, 4) is 11.5 Å². The predicted molar refractivity (Wildman–Crippen MR) is 90.8 cm³/mol. The molecule has 0 saturated carbocycles. The van der Waals surface area contributed by atoms with Gasteiger partial charge < -0.3 is 15.2 Å². The molecule has 2 rings (SSSR count). The summed E-state index contributed by atoms with van der Waals surface area (Å²) in [7, 11) is 0. The lowest BCUT2D eigenvalue weighted by Crippen LogP contribution is -2.29. The third-order valence-corrected chi connectivity index (χ3v) is 3.75. The maximum Gasteiger partial charge on any atom is 0.257 e. The summed E-state index contributed by atoms with van der Waals surface area (Å²) < 4.78 is 5.49. The molecule has 0 aliphatic rings. The van der Waals surface area contributed by atoms with Crippen molar-refractivity contribution in [1.29, 1.82) is 0 Å². The van der Waals surface area contributed by atoms with Gasteiger partial charge in [0, 0.05) is 6.54 Å². The first-order valence-corrected chi connectivity index (χ1v) is 7.79. The van der Waals surface area contributed by atoms with Crippen LogP contribution in [0.15, 0.2) is 42.5 Å². The van der Waals surface area contributed by atoms with E-state index in [1.807, 2.05) is 44.2 Å². The van der Waals surface area contributed by atoms with Crippen LogP contribution in [0.1, 0.15) is 23.1 Å². The van der Waals surface area contributed by atoms with Crippen molar-refractivity contribution in [3.63, 3.8) is 0 Å². The summed E-state index contributed by atoms with van der Waals surface area (Å²) in [5, 5.41) is 12.1. The van der Waals surface area contributed by atoms with Crippen molar-refractivity contribution in [2.75, 3.05) is 13.2 Å². The molecule has 4 nitrogen and oxygen atoms in total. The summed E-state index contributed by atoms with van der Waals surface area (Å²) in [6.07, 6.45) is 1.71. The third kappa shape index (κ3) is 5.66. The number of hydrogen-bond donors (Lipinski definition) is 2. The molecule has 122 valence electrons. The second-order valence-electron chi connectivity index (χ2n) is 5.65. The Bertz CT molecular complexity index is 650. The van der Waals surface area contributed by atoms with E-state index in [1.165, 1.54) is 5.56 Å². The topological polar surface area (TPSA) is 58.6 Å². The molecule has 0 atom stereocenters. The van der Waals surface area contributed by atoms with Gasteiger partial charge in [-0.2, -0.15) is 0 Å². The van der Waals surface area contributed by atoms with Gasteiger partial charge in [-0.05, 0) is 67.6 Å². The first-order valence-electron chi connectivity index (χ1n) is 7.79. The minimum atomic E-state index is -0.117. The molecular formula is C19H23NO3. The molecule has 1 amide bonds. The lowest BCUT2D eigenvalue weighted by molar-refractivity contribution is -0.123. The van der Waals surface area contributed by atoms with E-state index < -0.39 is 0 Å². The molecule has 0 bridgehead atoms. The number of carbonyl (C=O) groups excluding carboxylic acids is 1. The largest absolute Gasteiger partial charge is 0.508 e. The van der Waals surface area contributed by atoms with Crippen molar-refractivity contribution in [3.05, 3.63) is 59.2 Å². The normalized spacial score (nSPS) is 10.3. The first-order chi connectivity index (χ1) is 11.0. The number of amides is 1. The van der Waals surface area contributed by atoms with Crippen LogP contribution in [-0.4, -0.2) is 24.2 Å². The van der Waals surface area contributed by atoms with Gasteiger partial charge in [0.2, 0.25) is 0 Å². The van der Waals surface area contributed by atoms with Gasteiger partial charge in [-0.1, -0.05) is 18.2 Å². The maximum atomic E-state index is 11.8. The van der Waals surface area contributed by atoms with E-state index in [1.54, 1.807) is 12.1 Å². The lowest BCUT2D eigenvalue weighted by Gasteiger charge is -2.09. The fourth-order valence-electron chi connectivity index (χ4n) is 2.19. The molecule has 0 spiro atoms. The van der Waals surface area contributed by atoms with Crippen molar-refractivity contribution in [2.45, 2.75) is 26.7 Å². The van der Waals surface area contributed by atoms with Gasteiger partial charge in [0.15, 0.2) is 6.61 Å². The second kappa shape index (κ2) is 8.22. The number of ether oxygens (including phenoxy) is 1. The summed E-state index contributed by atoms with van der Waals surface area (Å²) in [6, 6.07) is 12.9. The highest BCUT2D eigenvalue weighted by atomic mass is 16.5. The zero-order valence-corrected chi connectivity index (χ0v) is 13.6. The fourth-order valence-corrected chi connectivity index (χ4v) is 2.19. The molecule has 2 aromatic carbocycles. The van der Waals surface area contributed by atoms with Crippen LogP contribution in [0.4, 0.5) is 0 Å². The Morgan fingerprint density at radius 1 is 1.09 bits per heavy atom. The number of phenolic OH excluding ortho intramolecular Hbond substituents is 1. The molecule has 0 unspecified atom stereocenters. The zero-order chi connectivity index (χ0) is 16.7. The number of rotatable bonds is 7. The number of aryl methyl sites for hydroxylation is 3. The summed E-state index contributed by atoms with van der Waals surface area (Å²) >= 11 is 0. The monoisotopic (exact) mass is 313 g/mol. The van der Waals surface area contributed by atoms with Crippen molar-refractivity contribution in [2.24, 2.45) is 0 Å². The lowest BCUT2D eigenvalue weighted by atomic mass is 10.1. The molecule has 0 saturated heterocycles. The van der Waals surface area contributed by atoms with Crippen LogP contribution in [0.5, 0.6) is 11.5 Å². The summed E-state index contributed by atoms with van der Waals surface area (Å²) in [5.41, 5.74) is 3.50. The molecule has 4 heteroatoms. The van der Waals surface area contributed by atoms with Gasteiger partial charge in [-0.15, -0.1) is 0 Å². The standard InChI is InChI=1S/C19H23NO3/c1-14-5-10-18(12-15(14)2)23-13-19(22)20-11-3-4-16-6-8-17(21)9-7-16/h5-10,12,21H,3-4,11,13H2,1-2H3,(H,20,22). The van der Waals surface area contributed by atoms with Gasteiger partial charge >= 0.3 is 0 Å². The van der Waals surface area contributed by atoms with Gasteiger partial charge in [-0.25, -0.2) is 0 Å². The zero-order valence-electron chi connectivity index (χ0n) is 13.6. The van der Waals surface area contributed by atoms with E-state index in [-0.39, 0.29) is 18.3 Å². The minimum Gasteiger partial charge on any atom is -0.508 e. The van der Waals surface area contributed by atoms with Crippen molar-refractivity contribution in [1.82, 2.24) is 5.32 Å². The predicted octanol–water partition coefficient (Wildman–Crippen LogP) is 3.14. The van der Waals surface area contributed by atoms with Crippen LogP contribution < -0.4 is 10.1 Å². The Balaban J connectivity index is 1.65. The average molecular weight is 313 g/mol. The van der Waals surface area contributed by atoms with E-state index in [0.717, 1.165) is 24.0 Å². The van der Waals surface area contributed by atoms with E-state index in [2.05, 4.69) is 5.32 Å². The van der Waals surface area contributed by atoms with Gasteiger partial charge in [0.25, 0.3) is 5.91 Å². The van der Waals surface area contributed by atoms with Gasteiger partial charge in [-0.3, -0.25) is 4.79 Å². The first kappa shape index (κ1) is 16.9. The molecule has 0 heterocycles. The summed E-state index contributed by atoms with van der Waals surface area (Å²) in [4.78, 5) is 11.8. The Morgan fingerprint density at radius 3 is 2.52 bits per heavy atom. The Morgan fingerprint density at radius 2 is 1.83 bits per heavy atom. The highest BCUT2D eigenvalue weighted by molar-refractivity contribution is 5.77. The molecule has 2 aromatic rings. The number of carbonyl (C=O) groups is 1. The number of nitrogens with one attached hydrogen (secondary N) is 1. The molecule has 0 fully saturated rings. The highest BCUT2D eigenvalue weighted by Crippen LogP contribution is 2.16. The average Bonchev–Trinajstić information content (AvgIpc) is 2.54. The van der Waals surface area contributed by atoms with Crippen LogP contribution in [-0.2, 0) is 11.2 Å². The smallest absolute Gasteiger partial charge is 0.257 e. The molecule has 0 aliphatic heterocycles. The van der Waals surface area contributed by atoms with E-state index >= 15 is 0 Å². The van der Waals surface area contributed by atoms with E-state index in [4.69, 9.17) is 4.74 Å². The second-order valence-corrected chi connectivity index (χ2v) is 5.65. The quantitative estimate of drug-likeness (QED) is 0.772. The summed E-state index contributed by atoms with van der Waals surface area (Å²) in [5.74, 6) is 0.867. The highest BCUT2D eigenvalue weighted by Gasteiger charge is 2.03. The Kier molecular flexibility index (Phi) is 6.03. The molecule has 2 N–H and O–H groups in total. The Labute approximate surface area is 137 Å². The maximum absolute atomic E-state index is 11.8. The van der Waals surface area contributed by atoms with Crippen molar-refractivity contribution < 1.29 is 14.6 Å². The summed E-state index contributed by atoms with van der Waals surface area (Å²) in [6.45, 7) is 4.70. The minimum absolute atomic E-state index is 0.0295. The van der Waals surface area contributed by atoms with Crippen LogP contribution >= 0.6 is 0 Å². The molecule has 23 heavy (non-hydrogen) atoms. The SMILES string of the molecule is Cc1ccc(OCC(=O)NCCCc2ccc(O)cc2)cc1C. The number of aromatic hydroxyl groups is 1. The third-order valence-electron chi connectivity index (χ3n) is 3.75. The number of hydrogen-bond acceptors (Lipinski definition) is 3. The van der Waals surface area contributed by atoms with Crippen LogP contribution in [0.3, 0.4) is 0 Å². The van der Waals surface area contributed by atoms with E-state index in [9.17, 15) is 9.90 Å². The molecular weight excluding hydrogens is 290 g/mol. The fraction of sp³-hybridized carbons (Fsp3) is 0.316. The van der Waals surface area contributed by atoms with Crippen LogP contribution in [0.2, 0.25) is 0 Å². The van der Waals surface area contributed by atoms with E-state index in [0.29, 0.717) is 12.3 Å². The molecule has 0 aliphatic carbocycles. The Hall–Kier alpha value is -2.49. The van der Waals surface area contributed by atoms with Gasteiger partial charge in [0.1, 0.15) is 11.5 Å². The van der Waals surface area contributed by atoms with Crippen molar-refractivity contribution >= 4 is 5.91 Å². The molecule has 0 aromatic heterocycles. The molecule has 0 radical (unpaired) electrons. The number of benzene rings is 2. The van der Waals surface area contributed by atoms with Crippen LogP contribution in [0.25, 0.3) is 0 Å². The van der Waals surface area contributed by atoms with Crippen LogP contribution in [0, 0.1) is 13.8 Å².